The lowest BCUT2D eigenvalue weighted by molar-refractivity contribution is -0.142. The summed E-state index contributed by atoms with van der Waals surface area (Å²) in [7, 11) is 1.51. The maximum atomic E-state index is 12.2. The molecule has 1 amide bonds. The quantitative estimate of drug-likeness (QED) is 0.285. The van der Waals surface area contributed by atoms with Crippen LogP contribution in [0.3, 0.4) is 0 Å². The molecule has 182 valence electrons. The molecular formula is C28H29NO6. The van der Waals surface area contributed by atoms with Gasteiger partial charge in [0.15, 0.2) is 12.4 Å². The highest BCUT2D eigenvalue weighted by atomic mass is 16.5. The second-order valence-corrected chi connectivity index (χ2v) is 8.09. The molecule has 0 radical (unpaired) electrons. The summed E-state index contributed by atoms with van der Waals surface area (Å²) in [5.41, 5.74) is 3.39. The molecule has 0 heterocycles. The largest absolute Gasteiger partial charge is 0.497 e. The second kappa shape index (κ2) is 12.4. The molecule has 0 saturated heterocycles. The maximum Gasteiger partial charge on any atom is 0.306 e. The van der Waals surface area contributed by atoms with E-state index in [0.29, 0.717) is 29.2 Å². The van der Waals surface area contributed by atoms with Crippen molar-refractivity contribution in [2.45, 2.75) is 33.1 Å². The average Bonchev–Trinajstić information content (AvgIpc) is 2.86. The molecule has 0 spiro atoms. The summed E-state index contributed by atoms with van der Waals surface area (Å²) in [4.78, 5) is 36.3. The molecule has 0 aliphatic carbocycles. The first-order chi connectivity index (χ1) is 16.8. The van der Waals surface area contributed by atoms with E-state index in [1.165, 1.54) is 12.7 Å². The molecule has 0 bridgehead atoms. The van der Waals surface area contributed by atoms with Gasteiger partial charge < -0.3 is 19.5 Å². The number of ketones is 1. The van der Waals surface area contributed by atoms with Gasteiger partial charge in [0.1, 0.15) is 17.2 Å². The Bertz CT molecular complexity index is 1190. The fourth-order valence-electron chi connectivity index (χ4n) is 3.23. The summed E-state index contributed by atoms with van der Waals surface area (Å²) in [6.45, 7) is 3.72. The van der Waals surface area contributed by atoms with Crippen LogP contribution in [0.4, 0.5) is 5.69 Å². The van der Waals surface area contributed by atoms with Gasteiger partial charge >= 0.3 is 5.97 Å². The van der Waals surface area contributed by atoms with E-state index in [-0.39, 0.29) is 31.1 Å². The zero-order valence-electron chi connectivity index (χ0n) is 20.1. The van der Waals surface area contributed by atoms with Crippen molar-refractivity contribution in [2.24, 2.45) is 0 Å². The van der Waals surface area contributed by atoms with Gasteiger partial charge in [-0.2, -0.15) is 0 Å². The standard InChI is InChI=1S/C28H29NO6/c1-19-10-13-25(16-20(19)2)35-23-14-11-22(12-15-23)29-27(31)8-5-9-28(32)34-18-26(30)21-6-4-7-24(17-21)33-3/h4,6-7,10-17H,5,8-9,18H2,1-3H3,(H,29,31). The fourth-order valence-corrected chi connectivity index (χ4v) is 3.23. The molecule has 3 aromatic rings. The van der Waals surface area contributed by atoms with Gasteiger partial charge in [0.2, 0.25) is 5.91 Å². The average molecular weight is 476 g/mol. The molecule has 3 rings (SSSR count). The van der Waals surface area contributed by atoms with E-state index in [1.807, 2.05) is 32.0 Å². The zero-order valence-corrected chi connectivity index (χ0v) is 20.1. The van der Waals surface area contributed by atoms with Crippen LogP contribution in [-0.2, 0) is 14.3 Å². The zero-order chi connectivity index (χ0) is 25.2. The van der Waals surface area contributed by atoms with E-state index < -0.39 is 5.97 Å². The minimum Gasteiger partial charge on any atom is -0.497 e. The summed E-state index contributed by atoms with van der Waals surface area (Å²) in [5.74, 6) is 0.908. The number of hydrogen-bond donors (Lipinski definition) is 1. The number of Topliss-reactive ketones (excluding diaryl/α,β-unsaturated/α-hetero) is 1. The Morgan fingerprint density at radius 2 is 1.54 bits per heavy atom. The number of ether oxygens (including phenoxy) is 3. The molecule has 35 heavy (non-hydrogen) atoms. The van der Waals surface area contributed by atoms with E-state index in [9.17, 15) is 14.4 Å². The van der Waals surface area contributed by atoms with E-state index in [0.717, 1.165) is 11.3 Å². The summed E-state index contributed by atoms with van der Waals surface area (Å²) in [5, 5.41) is 2.79. The predicted octanol–water partition coefficient (Wildman–Crippen LogP) is 5.64. The normalized spacial score (nSPS) is 10.4. The lowest BCUT2D eigenvalue weighted by Crippen LogP contribution is -2.15. The lowest BCUT2D eigenvalue weighted by atomic mass is 10.1. The van der Waals surface area contributed by atoms with Crippen molar-refractivity contribution >= 4 is 23.3 Å². The fraction of sp³-hybridized carbons (Fsp3) is 0.250. The first-order valence-corrected chi connectivity index (χ1v) is 11.3. The highest BCUT2D eigenvalue weighted by molar-refractivity contribution is 5.98. The number of hydrogen-bond acceptors (Lipinski definition) is 6. The number of benzene rings is 3. The van der Waals surface area contributed by atoms with Crippen LogP contribution in [-0.4, -0.2) is 31.4 Å². The van der Waals surface area contributed by atoms with Crippen molar-refractivity contribution in [1.82, 2.24) is 0 Å². The number of carbonyl (C=O) groups is 3. The van der Waals surface area contributed by atoms with Crippen LogP contribution >= 0.6 is 0 Å². The molecule has 7 nitrogen and oxygen atoms in total. The molecule has 0 saturated carbocycles. The van der Waals surface area contributed by atoms with Gasteiger partial charge in [-0.1, -0.05) is 18.2 Å². The highest BCUT2D eigenvalue weighted by Crippen LogP contribution is 2.25. The Balaban J connectivity index is 1.37. The van der Waals surface area contributed by atoms with E-state index in [4.69, 9.17) is 14.2 Å². The minimum absolute atomic E-state index is 0.0432. The van der Waals surface area contributed by atoms with Crippen LogP contribution in [0.2, 0.25) is 0 Å². The number of rotatable bonds is 11. The molecule has 0 fully saturated rings. The summed E-state index contributed by atoms with van der Waals surface area (Å²) in [6.07, 6.45) is 0.507. The maximum absolute atomic E-state index is 12.2. The van der Waals surface area contributed by atoms with Gasteiger partial charge in [-0.05, 0) is 79.9 Å². The van der Waals surface area contributed by atoms with Crippen molar-refractivity contribution < 1.29 is 28.6 Å². The Morgan fingerprint density at radius 3 is 2.26 bits per heavy atom. The number of aryl methyl sites for hydroxylation is 2. The van der Waals surface area contributed by atoms with Gasteiger partial charge in [-0.15, -0.1) is 0 Å². The van der Waals surface area contributed by atoms with Crippen molar-refractivity contribution in [1.29, 1.82) is 0 Å². The molecular weight excluding hydrogens is 446 g/mol. The van der Waals surface area contributed by atoms with E-state index >= 15 is 0 Å². The van der Waals surface area contributed by atoms with Crippen molar-refractivity contribution in [3.8, 4) is 17.2 Å². The molecule has 0 atom stereocenters. The third-order valence-corrected chi connectivity index (χ3v) is 5.39. The number of esters is 1. The monoisotopic (exact) mass is 475 g/mol. The van der Waals surface area contributed by atoms with Crippen molar-refractivity contribution in [2.75, 3.05) is 19.0 Å². The van der Waals surface area contributed by atoms with Crippen LogP contribution in [0.5, 0.6) is 17.2 Å². The molecule has 0 aliphatic rings. The van der Waals surface area contributed by atoms with Gasteiger partial charge in [-0.25, -0.2) is 0 Å². The van der Waals surface area contributed by atoms with E-state index in [1.54, 1.807) is 48.5 Å². The molecule has 3 aromatic carbocycles. The molecule has 1 N–H and O–H groups in total. The van der Waals surface area contributed by atoms with E-state index in [2.05, 4.69) is 5.32 Å². The van der Waals surface area contributed by atoms with Crippen LogP contribution in [0.1, 0.15) is 40.7 Å². The Hall–Kier alpha value is -4.13. The summed E-state index contributed by atoms with van der Waals surface area (Å²) < 4.78 is 16.0. The topological polar surface area (TPSA) is 90.9 Å². The van der Waals surface area contributed by atoms with Crippen LogP contribution in [0.15, 0.2) is 66.7 Å². The minimum atomic E-state index is -0.526. The third kappa shape index (κ3) is 7.99. The Kier molecular flexibility index (Phi) is 9.01. The molecule has 7 heteroatoms. The van der Waals surface area contributed by atoms with Crippen LogP contribution < -0.4 is 14.8 Å². The van der Waals surface area contributed by atoms with Gasteiger partial charge in [0.25, 0.3) is 0 Å². The molecule has 0 aliphatic heterocycles. The predicted molar refractivity (Wildman–Crippen MR) is 133 cm³/mol. The molecule has 0 unspecified atom stereocenters. The molecule has 0 aromatic heterocycles. The first-order valence-electron chi connectivity index (χ1n) is 11.3. The number of carbonyl (C=O) groups excluding carboxylic acids is 3. The van der Waals surface area contributed by atoms with Crippen LogP contribution in [0.25, 0.3) is 0 Å². The number of methoxy groups -OCH3 is 1. The highest BCUT2D eigenvalue weighted by Gasteiger charge is 2.12. The Morgan fingerprint density at radius 1 is 0.800 bits per heavy atom. The summed E-state index contributed by atoms with van der Waals surface area (Å²) >= 11 is 0. The van der Waals surface area contributed by atoms with Crippen LogP contribution in [0, 0.1) is 13.8 Å². The van der Waals surface area contributed by atoms with Gasteiger partial charge in [-0.3, -0.25) is 14.4 Å². The number of anilines is 1. The first kappa shape index (κ1) is 25.5. The Labute approximate surface area is 205 Å². The van der Waals surface area contributed by atoms with Crippen molar-refractivity contribution in [3.63, 3.8) is 0 Å². The summed E-state index contributed by atoms with van der Waals surface area (Å²) in [6, 6.07) is 19.6. The second-order valence-electron chi connectivity index (χ2n) is 8.09. The van der Waals surface area contributed by atoms with Gasteiger partial charge in [0, 0.05) is 24.1 Å². The SMILES string of the molecule is COc1cccc(C(=O)COC(=O)CCCC(=O)Nc2ccc(Oc3ccc(C)c(C)c3)cc2)c1. The van der Waals surface area contributed by atoms with Gasteiger partial charge in [0.05, 0.1) is 7.11 Å². The number of nitrogens with one attached hydrogen (secondary N) is 1. The smallest absolute Gasteiger partial charge is 0.306 e. The lowest BCUT2D eigenvalue weighted by Gasteiger charge is -2.09. The third-order valence-electron chi connectivity index (χ3n) is 5.39. The van der Waals surface area contributed by atoms with Crippen molar-refractivity contribution in [3.05, 3.63) is 83.4 Å². The number of amides is 1.